The van der Waals surface area contributed by atoms with Crippen molar-refractivity contribution in [1.29, 1.82) is 0 Å². The summed E-state index contributed by atoms with van der Waals surface area (Å²) >= 11 is 0. The van der Waals surface area contributed by atoms with Crippen LogP contribution < -0.4 is 11.1 Å². The Morgan fingerprint density at radius 2 is 1.83 bits per heavy atom. The number of nitrogens with one attached hydrogen (secondary N) is 1. The number of carbonyl (C=O) groups excluding carboxylic acids is 2. The summed E-state index contributed by atoms with van der Waals surface area (Å²) in [6, 6.07) is 7.43. The fourth-order valence-corrected chi connectivity index (χ4v) is 2.74. The number of urea groups is 1. The summed E-state index contributed by atoms with van der Waals surface area (Å²) in [7, 11) is 1.62. The Labute approximate surface area is 142 Å². The van der Waals surface area contributed by atoms with Crippen LogP contribution in [0, 0.1) is 0 Å². The second-order valence-electron chi connectivity index (χ2n) is 6.42. The molecule has 7 nitrogen and oxygen atoms in total. The average Bonchev–Trinajstić information content (AvgIpc) is 2.57. The van der Waals surface area contributed by atoms with E-state index in [0.29, 0.717) is 32.8 Å². The Bertz CT molecular complexity index is 595. The first-order valence-corrected chi connectivity index (χ1v) is 8.04. The van der Waals surface area contributed by atoms with Crippen LogP contribution in [0.25, 0.3) is 0 Å². The van der Waals surface area contributed by atoms with Crippen molar-refractivity contribution in [3.63, 3.8) is 0 Å². The third-order valence-corrected chi connectivity index (χ3v) is 4.52. The van der Waals surface area contributed by atoms with Gasteiger partial charge in [-0.2, -0.15) is 0 Å². The Kier molecular flexibility index (Phi) is 5.80. The van der Waals surface area contributed by atoms with Gasteiger partial charge in [0.05, 0.1) is 12.1 Å². The number of hydrogen-bond acceptors (Lipinski definition) is 4. The zero-order valence-corrected chi connectivity index (χ0v) is 14.5. The van der Waals surface area contributed by atoms with E-state index in [0.717, 1.165) is 11.3 Å². The zero-order chi connectivity index (χ0) is 17.7. The van der Waals surface area contributed by atoms with E-state index in [9.17, 15) is 9.59 Å². The number of nitrogens with zero attached hydrogens (tertiary/aromatic N) is 2. The molecule has 0 radical (unpaired) electrons. The van der Waals surface area contributed by atoms with Gasteiger partial charge in [0.2, 0.25) is 5.91 Å². The molecule has 2 rings (SSSR count). The van der Waals surface area contributed by atoms with Crippen LogP contribution in [0.1, 0.15) is 19.4 Å². The molecule has 0 aliphatic carbocycles. The fourth-order valence-electron chi connectivity index (χ4n) is 2.74. The Balaban J connectivity index is 1.95. The van der Waals surface area contributed by atoms with Gasteiger partial charge in [0.15, 0.2) is 0 Å². The molecule has 0 saturated carbocycles. The van der Waals surface area contributed by atoms with Gasteiger partial charge in [-0.05, 0) is 19.9 Å². The van der Waals surface area contributed by atoms with Gasteiger partial charge in [-0.1, -0.05) is 18.2 Å². The van der Waals surface area contributed by atoms with Crippen molar-refractivity contribution in [2.24, 2.45) is 5.73 Å². The van der Waals surface area contributed by atoms with Gasteiger partial charge < -0.3 is 20.7 Å². The standard InChI is InChI=1S/C17H26N4O3/c1-17(2,15(18)22)21-10-8-20(9-11-21)16(23)19-14-7-5-4-6-13(14)12-24-3/h4-7H,8-12H2,1-3H3,(H2,18,22)(H,19,23). The number of nitrogens with two attached hydrogens (primary N) is 1. The molecule has 0 aromatic heterocycles. The maximum absolute atomic E-state index is 12.5. The van der Waals surface area contributed by atoms with E-state index in [-0.39, 0.29) is 11.9 Å². The van der Waals surface area contributed by atoms with E-state index in [1.165, 1.54) is 0 Å². The molecule has 1 aromatic carbocycles. The molecule has 1 aliphatic heterocycles. The molecular formula is C17H26N4O3. The molecule has 3 amide bonds. The summed E-state index contributed by atoms with van der Waals surface area (Å²) in [6.45, 7) is 6.39. The third kappa shape index (κ3) is 4.04. The molecule has 1 fully saturated rings. The normalized spacial score (nSPS) is 16.0. The average molecular weight is 334 g/mol. The molecule has 3 N–H and O–H groups in total. The van der Waals surface area contributed by atoms with Gasteiger partial charge in [-0.25, -0.2) is 4.79 Å². The van der Waals surface area contributed by atoms with Crippen LogP contribution in [0.15, 0.2) is 24.3 Å². The predicted octanol–water partition coefficient (Wildman–Crippen LogP) is 1.25. The molecule has 0 spiro atoms. The lowest BCUT2D eigenvalue weighted by atomic mass is 10.0. The lowest BCUT2D eigenvalue weighted by Gasteiger charge is -2.42. The number of benzene rings is 1. The summed E-state index contributed by atoms with van der Waals surface area (Å²) in [4.78, 5) is 27.8. The molecule has 1 heterocycles. The van der Waals surface area contributed by atoms with Gasteiger partial charge in [0, 0.05) is 44.5 Å². The second kappa shape index (κ2) is 7.63. The number of hydrogen-bond donors (Lipinski definition) is 2. The summed E-state index contributed by atoms with van der Waals surface area (Å²) in [5.74, 6) is -0.353. The molecule has 1 aromatic rings. The van der Waals surface area contributed by atoms with Gasteiger partial charge in [-0.3, -0.25) is 9.69 Å². The van der Waals surface area contributed by atoms with E-state index in [4.69, 9.17) is 10.5 Å². The van der Waals surface area contributed by atoms with Crippen LogP contribution in [0.2, 0.25) is 0 Å². The van der Waals surface area contributed by atoms with Crippen LogP contribution >= 0.6 is 0 Å². The highest BCUT2D eigenvalue weighted by Crippen LogP contribution is 2.19. The monoisotopic (exact) mass is 334 g/mol. The first-order valence-electron chi connectivity index (χ1n) is 8.04. The minimum Gasteiger partial charge on any atom is -0.380 e. The number of rotatable bonds is 5. The van der Waals surface area contributed by atoms with Crippen LogP contribution in [0.5, 0.6) is 0 Å². The van der Waals surface area contributed by atoms with Crippen LogP contribution in [-0.2, 0) is 16.1 Å². The number of methoxy groups -OCH3 is 1. The van der Waals surface area contributed by atoms with E-state index in [1.807, 2.05) is 43.0 Å². The molecule has 132 valence electrons. The molecule has 7 heteroatoms. The third-order valence-electron chi connectivity index (χ3n) is 4.52. The van der Waals surface area contributed by atoms with E-state index in [2.05, 4.69) is 5.32 Å². The number of carbonyl (C=O) groups is 2. The number of primary amides is 1. The van der Waals surface area contributed by atoms with Crippen LogP contribution in [0.3, 0.4) is 0 Å². The summed E-state index contributed by atoms with van der Waals surface area (Å²) in [5.41, 5.74) is 6.44. The van der Waals surface area contributed by atoms with Crippen molar-refractivity contribution < 1.29 is 14.3 Å². The minimum atomic E-state index is -0.701. The highest BCUT2D eigenvalue weighted by Gasteiger charge is 2.35. The SMILES string of the molecule is COCc1ccccc1NC(=O)N1CCN(C(C)(C)C(N)=O)CC1. The number of amides is 3. The molecule has 1 saturated heterocycles. The zero-order valence-electron chi connectivity index (χ0n) is 14.5. The first-order chi connectivity index (χ1) is 11.4. The number of ether oxygens (including phenoxy) is 1. The van der Waals surface area contributed by atoms with E-state index >= 15 is 0 Å². The summed E-state index contributed by atoms with van der Waals surface area (Å²) in [5, 5.41) is 2.94. The molecule has 0 unspecified atom stereocenters. The Hall–Kier alpha value is -2.12. The van der Waals surface area contributed by atoms with Gasteiger partial charge in [-0.15, -0.1) is 0 Å². The molecule has 0 atom stereocenters. The van der Waals surface area contributed by atoms with Crippen molar-refractivity contribution in [1.82, 2.24) is 9.80 Å². The van der Waals surface area contributed by atoms with E-state index in [1.54, 1.807) is 12.0 Å². The maximum atomic E-state index is 12.5. The van der Waals surface area contributed by atoms with Gasteiger partial charge in [0.1, 0.15) is 0 Å². The van der Waals surface area contributed by atoms with Crippen LogP contribution in [-0.4, -0.2) is 60.6 Å². The van der Waals surface area contributed by atoms with Gasteiger partial charge in [0.25, 0.3) is 0 Å². The lowest BCUT2D eigenvalue weighted by Crippen LogP contribution is -2.60. The fraction of sp³-hybridized carbons (Fsp3) is 0.529. The Morgan fingerprint density at radius 3 is 2.42 bits per heavy atom. The lowest BCUT2D eigenvalue weighted by molar-refractivity contribution is -0.129. The summed E-state index contributed by atoms with van der Waals surface area (Å²) < 4.78 is 5.15. The highest BCUT2D eigenvalue weighted by molar-refractivity contribution is 5.90. The van der Waals surface area contributed by atoms with Crippen molar-refractivity contribution in [3.8, 4) is 0 Å². The Morgan fingerprint density at radius 1 is 1.21 bits per heavy atom. The topological polar surface area (TPSA) is 87.9 Å². The molecule has 1 aliphatic rings. The largest absolute Gasteiger partial charge is 0.380 e. The van der Waals surface area contributed by atoms with E-state index < -0.39 is 5.54 Å². The first kappa shape index (κ1) is 18.2. The smallest absolute Gasteiger partial charge is 0.321 e. The second-order valence-corrected chi connectivity index (χ2v) is 6.42. The molecular weight excluding hydrogens is 308 g/mol. The number of para-hydroxylation sites is 1. The predicted molar refractivity (Wildman–Crippen MR) is 92.6 cm³/mol. The molecule has 24 heavy (non-hydrogen) atoms. The quantitative estimate of drug-likeness (QED) is 0.848. The maximum Gasteiger partial charge on any atom is 0.321 e. The van der Waals surface area contributed by atoms with Crippen molar-refractivity contribution in [2.75, 3.05) is 38.6 Å². The summed E-state index contributed by atoms with van der Waals surface area (Å²) in [6.07, 6.45) is 0. The van der Waals surface area contributed by atoms with Gasteiger partial charge >= 0.3 is 6.03 Å². The van der Waals surface area contributed by atoms with Crippen LogP contribution in [0.4, 0.5) is 10.5 Å². The van der Waals surface area contributed by atoms with Crippen molar-refractivity contribution in [2.45, 2.75) is 26.0 Å². The minimum absolute atomic E-state index is 0.143. The number of anilines is 1. The van der Waals surface area contributed by atoms with Crippen molar-refractivity contribution in [3.05, 3.63) is 29.8 Å². The molecule has 0 bridgehead atoms. The number of piperazine rings is 1. The van der Waals surface area contributed by atoms with Crippen molar-refractivity contribution >= 4 is 17.6 Å². The highest BCUT2D eigenvalue weighted by atomic mass is 16.5.